The molecule has 1 aliphatic rings. The number of carboxylic acid groups (broad SMARTS) is 1. The molecule has 0 aromatic rings. The Morgan fingerprint density at radius 3 is 2.00 bits per heavy atom. The highest BCUT2D eigenvalue weighted by Gasteiger charge is 2.38. The highest BCUT2D eigenvalue weighted by atomic mass is 19.4. The molecule has 5 nitrogen and oxygen atoms in total. The van der Waals surface area contributed by atoms with E-state index in [4.69, 9.17) is 9.90 Å². The third-order valence-corrected chi connectivity index (χ3v) is 3.36. The number of nitrogens with one attached hydrogen (secondary N) is 1. The van der Waals surface area contributed by atoms with Gasteiger partial charge in [-0.1, -0.05) is 0 Å². The Morgan fingerprint density at radius 1 is 1.30 bits per heavy atom. The second kappa shape index (κ2) is 8.43. The van der Waals surface area contributed by atoms with Gasteiger partial charge in [-0.05, 0) is 27.9 Å². The maximum absolute atomic E-state index is 10.6. The van der Waals surface area contributed by atoms with E-state index in [1.807, 2.05) is 7.05 Å². The van der Waals surface area contributed by atoms with Crippen molar-refractivity contribution < 1.29 is 23.1 Å². The zero-order chi connectivity index (χ0) is 15.9. The van der Waals surface area contributed by atoms with Gasteiger partial charge in [-0.2, -0.15) is 13.2 Å². The van der Waals surface area contributed by atoms with Crippen LogP contribution in [-0.2, 0) is 4.79 Å². The summed E-state index contributed by atoms with van der Waals surface area (Å²) in [4.78, 5) is 13.9. The number of carboxylic acids is 1. The molecule has 20 heavy (non-hydrogen) atoms. The minimum atomic E-state index is -5.08. The van der Waals surface area contributed by atoms with E-state index in [1.54, 1.807) is 0 Å². The van der Waals surface area contributed by atoms with Crippen LogP contribution >= 0.6 is 0 Å². The molecule has 0 aromatic heterocycles. The molecule has 0 aliphatic carbocycles. The Hall–Kier alpha value is -0.860. The van der Waals surface area contributed by atoms with Crippen molar-refractivity contribution in [1.82, 2.24) is 15.1 Å². The predicted molar refractivity (Wildman–Crippen MR) is 70.7 cm³/mol. The average Bonchev–Trinajstić information content (AvgIpc) is 2.32. The molecule has 1 rings (SSSR count). The van der Waals surface area contributed by atoms with Crippen molar-refractivity contribution in [1.29, 1.82) is 0 Å². The van der Waals surface area contributed by atoms with Crippen molar-refractivity contribution in [3.8, 4) is 0 Å². The Bertz CT molecular complexity index is 288. The highest BCUT2D eigenvalue weighted by Crippen LogP contribution is 2.13. The minimum absolute atomic E-state index is 0.695. The standard InChI is InChI=1S/C10H23N3.C2HF3O2/c1-9-7-13(6-5-11-3)8-10(2)12(9)4;3-2(4,5)1(6)7/h9-11H,5-8H2,1-4H3;(H,6,7)/t9-,10?;/m0./s1. The SMILES string of the molecule is CNCCN1CC(C)N(C)[C@@H](C)C1.O=C(O)C(F)(F)F. The van der Waals surface area contributed by atoms with Crippen LogP contribution in [0.4, 0.5) is 13.2 Å². The maximum atomic E-state index is 10.6. The summed E-state index contributed by atoms with van der Waals surface area (Å²) in [5.41, 5.74) is 0. The van der Waals surface area contributed by atoms with Crippen molar-refractivity contribution in [3.05, 3.63) is 0 Å². The minimum Gasteiger partial charge on any atom is -0.475 e. The summed E-state index contributed by atoms with van der Waals surface area (Å²) in [6.45, 7) is 9.32. The number of hydrogen-bond donors (Lipinski definition) is 2. The molecule has 1 saturated heterocycles. The quantitative estimate of drug-likeness (QED) is 0.810. The molecule has 0 saturated carbocycles. The van der Waals surface area contributed by atoms with Crippen LogP contribution in [-0.4, -0.2) is 79.4 Å². The van der Waals surface area contributed by atoms with Gasteiger partial charge in [-0.15, -0.1) is 0 Å². The molecule has 0 aromatic carbocycles. The zero-order valence-electron chi connectivity index (χ0n) is 12.4. The molecule has 1 fully saturated rings. The van der Waals surface area contributed by atoms with Gasteiger partial charge in [0, 0.05) is 38.3 Å². The summed E-state index contributed by atoms with van der Waals surface area (Å²) in [7, 11) is 4.24. The summed E-state index contributed by atoms with van der Waals surface area (Å²) >= 11 is 0. The van der Waals surface area contributed by atoms with Crippen LogP contribution in [0.15, 0.2) is 0 Å². The molecule has 0 radical (unpaired) electrons. The first kappa shape index (κ1) is 19.1. The van der Waals surface area contributed by atoms with Gasteiger partial charge in [0.1, 0.15) is 0 Å². The molecule has 2 atom stereocenters. The lowest BCUT2D eigenvalue weighted by molar-refractivity contribution is -0.192. The van der Waals surface area contributed by atoms with E-state index in [-0.39, 0.29) is 0 Å². The summed E-state index contributed by atoms with van der Waals surface area (Å²) < 4.78 is 31.7. The van der Waals surface area contributed by atoms with Crippen molar-refractivity contribution in [2.45, 2.75) is 32.1 Å². The molecule has 0 bridgehead atoms. The number of piperazine rings is 1. The third kappa shape index (κ3) is 7.06. The molecule has 1 aliphatic heterocycles. The van der Waals surface area contributed by atoms with Crippen molar-refractivity contribution >= 4 is 5.97 Å². The predicted octanol–water partition coefficient (Wildman–Crippen LogP) is 0.863. The zero-order valence-corrected chi connectivity index (χ0v) is 12.4. The van der Waals surface area contributed by atoms with E-state index >= 15 is 0 Å². The van der Waals surface area contributed by atoms with Gasteiger partial charge >= 0.3 is 12.1 Å². The molecule has 8 heteroatoms. The Morgan fingerprint density at radius 2 is 1.70 bits per heavy atom. The molecule has 2 N–H and O–H groups in total. The van der Waals surface area contributed by atoms with Gasteiger partial charge in [-0.25, -0.2) is 4.79 Å². The molecule has 0 amide bonds. The van der Waals surface area contributed by atoms with E-state index in [2.05, 4.69) is 36.0 Å². The van der Waals surface area contributed by atoms with Gasteiger partial charge in [0.15, 0.2) is 0 Å². The maximum Gasteiger partial charge on any atom is 0.490 e. The van der Waals surface area contributed by atoms with E-state index in [1.165, 1.54) is 19.6 Å². The topological polar surface area (TPSA) is 55.8 Å². The average molecular weight is 299 g/mol. The lowest BCUT2D eigenvalue weighted by Gasteiger charge is -2.42. The second-order valence-corrected chi connectivity index (χ2v) is 5.03. The summed E-state index contributed by atoms with van der Waals surface area (Å²) in [6, 6.07) is 1.39. The normalized spacial score (nSPS) is 24.9. The number of carbonyl (C=O) groups is 1. The van der Waals surface area contributed by atoms with Crippen molar-refractivity contribution in [2.24, 2.45) is 0 Å². The van der Waals surface area contributed by atoms with E-state index in [0.717, 1.165) is 6.54 Å². The van der Waals surface area contributed by atoms with Crippen LogP contribution in [0.5, 0.6) is 0 Å². The fourth-order valence-corrected chi connectivity index (χ4v) is 1.97. The summed E-state index contributed by atoms with van der Waals surface area (Å²) in [6.07, 6.45) is -5.08. The van der Waals surface area contributed by atoms with Gasteiger partial charge in [0.25, 0.3) is 0 Å². The fraction of sp³-hybridized carbons (Fsp3) is 0.917. The van der Waals surface area contributed by atoms with Gasteiger partial charge in [-0.3, -0.25) is 9.80 Å². The number of likely N-dealkylation sites (N-methyl/N-ethyl adjacent to an activating group) is 2. The Balaban J connectivity index is 0.000000441. The Labute approximate surface area is 117 Å². The van der Waals surface area contributed by atoms with Gasteiger partial charge in [0.05, 0.1) is 0 Å². The molecule has 1 heterocycles. The van der Waals surface area contributed by atoms with E-state index < -0.39 is 12.1 Å². The lowest BCUT2D eigenvalue weighted by Crippen LogP contribution is -2.55. The van der Waals surface area contributed by atoms with E-state index in [0.29, 0.717) is 12.1 Å². The van der Waals surface area contributed by atoms with Gasteiger partial charge in [0.2, 0.25) is 0 Å². The summed E-state index contributed by atoms with van der Waals surface area (Å²) in [5.74, 6) is -2.76. The fourth-order valence-electron chi connectivity index (χ4n) is 1.97. The monoisotopic (exact) mass is 299 g/mol. The molecular weight excluding hydrogens is 275 g/mol. The number of aliphatic carboxylic acids is 1. The molecule has 0 spiro atoms. The number of rotatable bonds is 3. The second-order valence-electron chi connectivity index (χ2n) is 5.03. The van der Waals surface area contributed by atoms with Crippen molar-refractivity contribution in [2.75, 3.05) is 40.3 Å². The number of halogens is 3. The van der Waals surface area contributed by atoms with Crippen LogP contribution in [0.3, 0.4) is 0 Å². The van der Waals surface area contributed by atoms with E-state index in [9.17, 15) is 13.2 Å². The van der Waals surface area contributed by atoms with Crippen LogP contribution in [0, 0.1) is 0 Å². The molecule has 120 valence electrons. The number of alkyl halides is 3. The van der Waals surface area contributed by atoms with Gasteiger partial charge < -0.3 is 10.4 Å². The Kier molecular flexibility index (Phi) is 8.07. The third-order valence-electron chi connectivity index (χ3n) is 3.36. The van der Waals surface area contributed by atoms with Crippen LogP contribution < -0.4 is 5.32 Å². The summed E-state index contributed by atoms with van der Waals surface area (Å²) in [5, 5.41) is 10.3. The highest BCUT2D eigenvalue weighted by molar-refractivity contribution is 5.73. The van der Waals surface area contributed by atoms with Crippen LogP contribution in [0.25, 0.3) is 0 Å². The number of nitrogens with zero attached hydrogens (tertiary/aromatic N) is 2. The first-order chi connectivity index (χ1) is 9.09. The lowest BCUT2D eigenvalue weighted by atomic mass is 10.1. The smallest absolute Gasteiger partial charge is 0.475 e. The largest absolute Gasteiger partial charge is 0.490 e. The molecule has 1 unspecified atom stereocenters. The first-order valence-electron chi connectivity index (χ1n) is 6.48. The number of hydrogen-bond acceptors (Lipinski definition) is 4. The molecular formula is C12H24F3N3O2. The van der Waals surface area contributed by atoms with Crippen LogP contribution in [0.1, 0.15) is 13.8 Å². The van der Waals surface area contributed by atoms with Crippen LogP contribution in [0.2, 0.25) is 0 Å². The van der Waals surface area contributed by atoms with Crippen molar-refractivity contribution in [3.63, 3.8) is 0 Å². The first-order valence-corrected chi connectivity index (χ1v) is 6.48.